The van der Waals surface area contributed by atoms with Crippen LogP contribution in [0.3, 0.4) is 0 Å². The normalized spacial score (nSPS) is 15.9. The van der Waals surface area contributed by atoms with Gasteiger partial charge in [-0.3, -0.25) is 4.79 Å². The van der Waals surface area contributed by atoms with E-state index in [1.165, 1.54) is 5.56 Å². The van der Waals surface area contributed by atoms with Crippen LogP contribution in [0.4, 0.5) is 0 Å². The summed E-state index contributed by atoms with van der Waals surface area (Å²) >= 11 is 1.56. The highest BCUT2D eigenvalue weighted by atomic mass is 32.1. The summed E-state index contributed by atoms with van der Waals surface area (Å²) in [6, 6.07) is 24.1. The molecule has 0 radical (unpaired) electrons. The molecule has 0 saturated heterocycles. The zero-order valence-electron chi connectivity index (χ0n) is 19.6. The van der Waals surface area contributed by atoms with Crippen molar-refractivity contribution in [2.45, 2.75) is 19.1 Å². The summed E-state index contributed by atoms with van der Waals surface area (Å²) in [6.07, 6.45) is 0.752. The van der Waals surface area contributed by atoms with Crippen molar-refractivity contribution in [3.8, 4) is 27.7 Å². The molecule has 1 atom stereocenters. The molecule has 2 aliphatic heterocycles. The SMILES string of the molecule is COc1cc2c(cc1OC)[C@H](c1ccccc1)N(C(=O)c1cc3c(s1)-c1ccccc1OC3)CC2. The maximum Gasteiger partial charge on any atom is 0.264 e. The van der Waals surface area contributed by atoms with Gasteiger partial charge in [-0.15, -0.1) is 11.3 Å². The number of ether oxygens (including phenoxy) is 3. The highest BCUT2D eigenvalue weighted by Crippen LogP contribution is 2.45. The van der Waals surface area contributed by atoms with Crippen LogP contribution in [0.5, 0.6) is 17.2 Å². The van der Waals surface area contributed by atoms with Crippen LogP contribution in [-0.4, -0.2) is 31.6 Å². The molecule has 35 heavy (non-hydrogen) atoms. The molecule has 0 saturated carbocycles. The van der Waals surface area contributed by atoms with Gasteiger partial charge in [0.25, 0.3) is 5.91 Å². The van der Waals surface area contributed by atoms with E-state index in [2.05, 4.69) is 18.2 Å². The van der Waals surface area contributed by atoms with Crippen molar-refractivity contribution in [1.29, 1.82) is 0 Å². The van der Waals surface area contributed by atoms with Gasteiger partial charge in [0.05, 0.1) is 25.1 Å². The first-order valence-corrected chi connectivity index (χ1v) is 12.4. The number of nitrogens with zero attached hydrogens (tertiary/aromatic N) is 1. The third kappa shape index (κ3) is 3.65. The zero-order chi connectivity index (χ0) is 23.9. The Labute approximate surface area is 208 Å². The first-order chi connectivity index (χ1) is 17.2. The molecule has 6 heteroatoms. The second-order valence-electron chi connectivity index (χ2n) is 8.72. The van der Waals surface area contributed by atoms with Crippen molar-refractivity contribution in [2.24, 2.45) is 0 Å². The molecular formula is C29H25NO4S. The predicted molar refractivity (Wildman–Crippen MR) is 137 cm³/mol. The van der Waals surface area contributed by atoms with E-state index in [0.29, 0.717) is 24.7 Å². The van der Waals surface area contributed by atoms with Gasteiger partial charge < -0.3 is 19.1 Å². The maximum absolute atomic E-state index is 14.0. The van der Waals surface area contributed by atoms with Crippen molar-refractivity contribution in [3.63, 3.8) is 0 Å². The minimum absolute atomic E-state index is 0.0381. The van der Waals surface area contributed by atoms with E-state index in [1.807, 2.05) is 59.5 Å². The Kier molecular flexibility index (Phi) is 5.46. The number of hydrogen-bond acceptors (Lipinski definition) is 5. The summed E-state index contributed by atoms with van der Waals surface area (Å²) in [7, 11) is 3.29. The molecule has 4 aromatic rings. The van der Waals surface area contributed by atoms with Gasteiger partial charge in [0.15, 0.2) is 11.5 Å². The van der Waals surface area contributed by atoms with Gasteiger partial charge in [0.2, 0.25) is 0 Å². The van der Waals surface area contributed by atoms with E-state index in [0.717, 1.165) is 44.2 Å². The van der Waals surface area contributed by atoms with Crippen molar-refractivity contribution in [3.05, 3.63) is 99.9 Å². The minimum Gasteiger partial charge on any atom is -0.493 e. The third-order valence-electron chi connectivity index (χ3n) is 6.78. The number of fused-ring (bicyclic) bond motifs is 4. The lowest BCUT2D eigenvalue weighted by Crippen LogP contribution is -2.40. The highest BCUT2D eigenvalue weighted by Gasteiger charge is 2.35. The Balaban J connectivity index is 1.43. The molecule has 3 aromatic carbocycles. The molecule has 1 aromatic heterocycles. The molecule has 0 N–H and O–H groups in total. The number of methoxy groups -OCH3 is 2. The molecule has 6 rings (SSSR count). The topological polar surface area (TPSA) is 48.0 Å². The van der Waals surface area contributed by atoms with E-state index < -0.39 is 0 Å². The summed E-state index contributed by atoms with van der Waals surface area (Å²) in [4.78, 5) is 17.9. The van der Waals surface area contributed by atoms with Crippen LogP contribution >= 0.6 is 11.3 Å². The molecule has 176 valence electrons. The molecule has 2 aliphatic rings. The van der Waals surface area contributed by atoms with Crippen molar-refractivity contribution in [1.82, 2.24) is 4.90 Å². The quantitative estimate of drug-likeness (QED) is 0.351. The number of carbonyl (C=O) groups excluding carboxylic acids is 1. The molecule has 0 spiro atoms. The monoisotopic (exact) mass is 483 g/mol. The molecule has 0 aliphatic carbocycles. The number of thiophene rings is 1. The standard InChI is InChI=1S/C29H25NO4S/c1-32-24-14-19-12-13-30(27(18-8-4-3-5-9-18)22(19)16-25(24)33-2)29(31)26-15-20-17-34-23-11-7-6-10-21(23)28(20)35-26/h3-11,14-16,27H,12-13,17H2,1-2H3/t27-/m0/s1. The summed E-state index contributed by atoms with van der Waals surface area (Å²) in [5.41, 5.74) is 5.44. The number of hydrogen-bond donors (Lipinski definition) is 0. The van der Waals surface area contributed by atoms with E-state index in [9.17, 15) is 4.79 Å². The maximum atomic E-state index is 14.0. The number of amides is 1. The van der Waals surface area contributed by atoms with Crippen LogP contribution in [-0.2, 0) is 13.0 Å². The van der Waals surface area contributed by atoms with E-state index >= 15 is 0 Å². The summed E-state index contributed by atoms with van der Waals surface area (Å²) in [5, 5.41) is 0. The van der Waals surface area contributed by atoms with Gasteiger partial charge in [-0.25, -0.2) is 0 Å². The average molecular weight is 484 g/mol. The summed E-state index contributed by atoms with van der Waals surface area (Å²) < 4.78 is 17.1. The summed E-state index contributed by atoms with van der Waals surface area (Å²) in [6.45, 7) is 1.11. The second kappa shape index (κ2) is 8.78. The third-order valence-corrected chi connectivity index (χ3v) is 7.98. The number of para-hydroxylation sites is 1. The Morgan fingerprint density at radius 3 is 2.49 bits per heavy atom. The predicted octanol–water partition coefficient (Wildman–Crippen LogP) is 6.11. The largest absolute Gasteiger partial charge is 0.493 e. The molecular weight excluding hydrogens is 458 g/mol. The van der Waals surface area contributed by atoms with Crippen LogP contribution in [0, 0.1) is 0 Å². The molecule has 0 fully saturated rings. The molecule has 0 bridgehead atoms. The van der Waals surface area contributed by atoms with Crippen LogP contribution < -0.4 is 14.2 Å². The van der Waals surface area contributed by atoms with E-state index in [4.69, 9.17) is 14.2 Å². The number of benzene rings is 3. The molecule has 0 unspecified atom stereocenters. The van der Waals surface area contributed by atoms with Gasteiger partial charge >= 0.3 is 0 Å². The average Bonchev–Trinajstić information content (AvgIpc) is 3.36. The van der Waals surface area contributed by atoms with Crippen LogP contribution in [0.1, 0.15) is 38.0 Å². The van der Waals surface area contributed by atoms with Crippen molar-refractivity contribution in [2.75, 3.05) is 20.8 Å². The lowest BCUT2D eigenvalue weighted by Gasteiger charge is -2.38. The van der Waals surface area contributed by atoms with E-state index in [-0.39, 0.29) is 11.9 Å². The smallest absolute Gasteiger partial charge is 0.264 e. The van der Waals surface area contributed by atoms with Crippen molar-refractivity contribution < 1.29 is 19.0 Å². The fourth-order valence-electron chi connectivity index (χ4n) is 5.11. The minimum atomic E-state index is -0.213. The van der Waals surface area contributed by atoms with Crippen LogP contribution in [0.15, 0.2) is 72.8 Å². The Hall–Kier alpha value is -3.77. The molecule has 5 nitrogen and oxygen atoms in total. The Morgan fingerprint density at radius 2 is 1.69 bits per heavy atom. The second-order valence-corrected chi connectivity index (χ2v) is 9.77. The molecule has 1 amide bonds. The lowest BCUT2D eigenvalue weighted by molar-refractivity contribution is 0.0699. The van der Waals surface area contributed by atoms with Gasteiger partial charge in [-0.05, 0) is 53.4 Å². The fraction of sp³-hybridized carbons (Fsp3) is 0.207. The fourth-order valence-corrected chi connectivity index (χ4v) is 6.26. The first-order valence-electron chi connectivity index (χ1n) is 11.6. The van der Waals surface area contributed by atoms with Crippen molar-refractivity contribution >= 4 is 17.2 Å². The first kappa shape index (κ1) is 21.7. The van der Waals surface area contributed by atoms with Crippen LogP contribution in [0.2, 0.25) is 0 Å². The zero-order valence-corrected chi connectivity index (χ0v) is 20.4. The van der Waals surface area contributed by atoms with Gasteiger partial charge in [0, 0.05) is 22.5 Å². The van der Waals surface area contributed by atoms with Gasteiger partial charge in [-0.2, -0.15) is 0 Å². The Morgan fingerprint density at radius 1 is 0.943 bits per heavy atom. The highest BCUT2D eigenvalue weighted by molar-refractivity contribution is 7.17. The number of rotatable bonds is 4. The molecule has 3 heterocycles. The van der Waals surface area contributed by atoms with Gasteiger partial charge in [-0.1, -0.05) is 42.5 Å². The summed E-state index contributed by atoms with van der Waals surface area (Å²) in [5.74, 6) is 2.29. The van der Waals surface area contributed by atoms with E-state index in [1.54, 1.807) is 25.6 Å². The Bertz CT molecular complexity index is 1410. The lowest BCUT2D eigenvalue weighted by atomic mass is 9.87. The number of carbonyl (C=O) groups is 1. The van der Waals surface area contributed by atoms with Gasteiger partial charge in [0.1, 0.15) is 12.4 Å². The van der Waals surface area contributed by atoms with Crippen LogP contribution in [0.25, 0.3) is 10.4 Å².